The standard InChI is InChI=1S/C23H37N5O/c1-3-14-27-16-12-20(13-17-27)26-23(24-4-2)25-18-19-8-10-21(11-9-19)28-15-6-5-7-22(28)29/h8-11,20H,3-7,12-18H2,1-2H3,(H2,24,25,26). The van der Waals surface area contributed by atoms with Gasteiger partial charge in [0.1, 0.15) is 0 Å². The zero-order valence-electron chi connectivity index (χ0n) is 18.1. The van der Waals surface area contributed by atoms with Crippen molar-refractivity contribution in [3.63, 3.8) is 0 Å². The number of likely N-dealkylation sites (tertiary alicyclic amines) is 1. The highest BCUT2D eigenvalue weighted by Gasteiger charge is 2.20. The second-order valence-electron chi connectivity index (χ2n) is 8.12. The van der Waals surface area contributed by atoms with Gasteiger partial charge in [-0.1, -0.05) is 19.1 Å². The minimum atomic E-state index is 0.241. The Morgan fingerprint density at radius 3 is 2.52 bits per heavy atom. The summed E-state index contributed by atoms with van der Waals surface area (Å²) in [7, 11) is 0. The normalized spacial score (nSPS) is 19.4. The molecule has 0 spiro atoms. The first-order chi connectivity index (χ1) is 14.2. The largest absolute Gasteiger partial charge is 0.357 e. The predicted octanol–water partition coefficient (Wildman–Crippen LogP) is 3.13. The Hall–Kier alpha value is -2.08. The quantitative estimate of drug-likeness (QED) is 0.546. The van der Waals surface area contributed by atoms with Crippen molar-refractivity contribution in [3.05, 3.63) is 29.8 Å². The maximum absolute atomic E-state index is 12.1. The highest BCUT2D eigenvalue weighted by atomic mass is 16.2. The van der Waals surface area contributed by atoms with Crippen LogP contribution >= 0.6 is 0 Å². The van der Waals surface area contributed by atoms with Crippen LogP contribution in [0.4, 0.5) is 5.69 Å². The average molecular weight is 400 g/mol. The van der Waals surface area contributed by atoms with Crippen molar-refractivity contribution < 1.29 is 4.79 Å². The van der Waals surface area contributed by atoms with Crippen LogP contribution in [-0.4, -0.2) is 55.5 Å². The van der Waals surface area contributed by atoms with Crippen molar-refractivity contribution in [1.82, 2.24) is 15.5 Å². The number of hydrogen-bond donors (Lipinski definition) is 2. The lowest BCUT2D eigenvalue weighted by Crippen LogP contribution is -2.48. The van der Waals surface area contributed by atoms with Gasteiger partial charge in [0.2, 0.25) is 5.91 Å². The SMILES string of the molecule is CCCN1CCC(NC(=NCc2ccc(N3CCCCC3=O)cc2)NCC)CC1. The molecule has 1 amide bonds. The fraction of sp³-hybridized carbons (Fsp3) is 0.652. The number of hydrogen-bond acceptors (Lipinski definition) is 3. The molecule has 160 valence electrons. The first kappa shape index (κ1) is 21.6. The lowest BCUT2D eigenvalue weighted by atomic mass is 10.1. The van der Waals surface area contributed by atoms with E-state index >= 15 is 0 Å². The number of carbonyl (C=O) groups is 1. The third-order valence-corrected chi connectivity index (χ3v) is 5.80. The number of benzene rings is 1. The number of amides is 1. The van der Waals surface area contributed by atoms with E-state index in [0.29, 0.717) is 19.0 Å². The molecule has 0 aromatic heterocycles. The van der Waals surface area contributed by atoms with Crippen LogP contribution in [0.25, 0.3) is 0 Å². The van der Waals surface area contributed by atoms with Gasteiger partial charge in [-0.15, -0.1) is 0 Å². The molecular weight excluding hydrogens is 362 g/mol. The monoisotopic (exact) mass is 399 g/mol. The maximum Gasteiger partial charge on any atom is 0.226 e. The minimum Gasteiger partial charge on any atom is -0.357 e. The fourth-order valence-electron chi connectivity index (χ4n) is 4.16. The number of nitrogens with zero attached hydrogens (tertiary/aromatic N) is 3. The molecule has 2 N–H and O–H groups in total. The van der Waals surface area contributed by atoms with Crippen LogP contribution in [0.3, 0.4) is 0 Å². The first-order valence-corrected chi connectivity index (χ1v) is 11.4. The molecule has 6 heteroatoms. The lowest BCUT2D eigenvalue weighted by Gasteiger charge is -2.32. The first-order valence-electron chi connectivity index (χ1n) is 11.4. The minimum absolute atomic E-state index is 0.241. The van der Waals surface area contributed by atoms with E-state index in [1.165, 1.54) is 38.9 Å². The summed E-state index contributed by atoms with van der Waals surface area (Å²) >= 11 is 0. The van der Waals surface area contributed by atoms with Gasteiger partial charge in [0.25, 0.3) is 0 Å². The van der Waals surface area contributed by atoms with Gasteiger partial charge in [0, 0.05) is 44.3 Å². The molecule has 2 fully saturated rings. The highest BCUT2D eigenvalue weighted by molar-refractivity contribution is 5.93. The summed E-state index contributed by atoms with van der Waals surface area (Å²) < 4.78 is 0. The number of guanidine groups is 1. The van der Waals surface area contributed by atoms with Gasteiger partial charge in [-0.3, -0.25) is 4.79 Å². The molecule has 1 aromatic carbocycles. The fourth-order valence-corrected chi connectivity index (χ4v) is 4.16. The average Bonchev–Trinajstić information content (AvgIpc) is 2.75. The molecule has 2 saturated heterocycles. The van der Waals surface area contributed by atoms with Gasteiger partial charge >= 0.3 is 0 Å². The van der Waals surface area contributed by atoms with E-state index in [2.05, 4.69) is 53.6 Å². The Morgan fingerprint density at radius 1 is 1.10 bits per heavy atom. The zero-order chi connectivity index (χ0) is 20.5. The van der Waals surface area contributed by atoms with E-state index in [1.807, 2.05) is 4.90 Å². The summed E-state index contributed by atoms with van der Waals surface area (Å²) in [5.41, 5.74) is 2.17. The number of carbonyl (C=O) groups excluding carboxylic acids is 1. The Bertz CT molecular complexity index is 664. The van der Waals surface area contributed by atoms with E-state index in [1.54, 1.807) is 0 Å². The zero-order valence-corrected chi connectivity index (χ0v) is 18.1. The summed E-state index contributed by atoms with van der Waals surface area (Å²) in [6, 6.07) is 8.78. The molecule has 29 heavy (non-hydrogen) atoms. The molecule has 2 aliphatic heterocycles. The van der Waals surface area contributed by atoms with Crippen molar-refractivity contribution >= 4 is 17.6 Å². The molecule has 0 saturated carbocycles. The molecule has 0 unspecified atom stereocenters. The summed E-state index contributed by atoms with van der Waals surface area (Å²) in [6.07, 6.45) is 6.34. The van der Waals surface area contributed by atoms with Gasteiger partial charge in [-0.25, -0.2) is 4.99 Å². The molecule has 2 heterocycles. The number of piperidine rings is 2. The number of rotatable bonds is 7. The van der Waals surface area contributed by atoms with Crippen LogP contribution in [0, 0.1) is 0 Å². The molecule has 2 aliphatic rings. The molecule has 0 atom stereocenters. The highest BCUT2D eigenvalue weighted by Crippen LogP contribution is 2.21. The Labute approximate surface area is 175 Å². The van der Waals surface area contributed by atoms with Gasteiger partial charge in [0.15, 0.2) is 5.96 Å². The van der Waals surface area contributed by atoms with Crippen LogP contribution in [0.5, 0.6) is 0 Å². The number of aliphatic imine (C=N–C) groups is 1. The van der Waals surface area contributed by atoms with E-state index in [4.69, 9.17) is 4.99 Å². The van der Waals surface area contributed by atoms with Crippen LogP contribution < -0.4 is 15.5 Å². The molecule has 3 rings (SSSR count). The third kappa shape index (κ3) is 6.46. The van der Waals surface area contributed by atoms with Crippen molar-refractivity contribution in [2.45, 2.75) is 65.0 Å². The molecular formula is C23H37N5O. The second kappa shape index (κ2) is 11.2. The summed E-state index contributed by atoms with van der Waals surface area (Å²) in [4.78, 5) is 21.3. The summed E-state index contributed by atoms with van der Waals surface area (Å²) in [5, 5.41) is 7.00. The van der Waals surface area contributed by atoms with Gasteiger partial charge in [0.05, 0.1) is 6.54 Å². The van der Waals surface area contributed by atoms with E-state index < -0.39 is 0 Å². The van der Waals surface area contributed by atoms with Gasteiger partial charge in [-0.2, -0.15) is 0 Å². The second-order valence-corrected chi connectivity index (χ2v) is 8.12. The van der Waals surface area contributed by atoms with Crippen LogP contribution in [0.1, 0.15) is 57.9 Å². The predicted molar refractivity (Wildman–Crippen MR) is 120 cm³/mol. The third-order valence-electron chi connectivity index (χ3n) is 5.80. The van der Waals surface area contributed by atoms with Crippen LogP contribution in [0.15, 0.2) is 29.3 Å². The Balaban J connectivity index is 1.53. The number of anilines is 1. The summed E-state index contributed by atoms with van der Waals surface area (Å²) in [5.74, 6) is 1.14. The van der Waals surface area contributed by atoms with E-state index in [9.17, 15) is 4.79 Å². The topological polar surface area (TPSA) is 60.0 Å². The van der Waals surface area contributed by atoms with Gasteiger partial charge in [-0.05, 0) is 63.3 Å². The summed E-state index contributed by atoms with van der Waals surface area (Å²) in [6.45, 7) is 10.2. The molecule has 1 aromatic rings. The van der Waals surface area contributed by atoms with E-state index in [0.717, 1.165) is 43.1 Å². The van der Waals surface area contributed by atoms with Crippen LogP contribution in [0.2, 0.25) is 0 Å². The molecule has 0 aliphatic carbocycles. The smallest absolute Gasteiger partial charge is 0.226 e. The Kier molecular flexibility index (Phi) is 8.35. The molecule has 0 bridgehead atoms. The van der Waals surface area contributed by atoms with Crippen molar-refractivity contribution in [2.24, 2.45) is 4.99 Å². The van der Waals surface area contributed by atoms with Crippen molar-refractivity contribution in [1.29, 1.82) is 0 Å². The maximum atomic E-state index is 12.1. The van der Waals surface area contributed by atoms with Crippen LogP contribution in [-0.2, 0) is 11.3 Å². The Morgan fingerprint density at radius 2 is 1.86 bits per heavy atom. The molecule has 0 radical (unpaired) electrons. The van der Waals surface area contributed by atoms with Crippen molar-refractivity contribution in [3.8, 4) is 0 Å². The molecule has 6 nitrogen and oxygen atoms in total. The lowest BCUT2D eigenvalue weighted by molar-refractivity contribution is -0.119. The van der Waals surface area contributed by atoms with Gasteiger partial charge < -0.3 is 20.4 Å². The van der Waals surface area contributed by atoms with E-state index in [-0.39, 0.29) is 5.91 Å². The van der Waals surface area contributed by atoms with Crippen molar-refractivity contribution in [2.75, 3.05) is 37.6 Å². The number of nitrogens with one attached hydrogen (secondary N) is 2.